The van der Waals surface area contributed by atoms with E-state index in [9.17, 15) is 14.7 Å². The Morgan fingerprint density at radius 1 is 1.24 bits per heavy atom. The molecule has 1 atom stereocenters. The first kappa shape index (κ1) is 19.4. The molecule has 2 aliphatic rings. The van der Waals surface area contributed by atoms with Crippen molar-refractivity contribution in [1.82, 2.24) is 9.88 Å². The molecule has 2 aliphatic heterocycles. The third-order valence-corrected chi connectivity index (χ3v) is 5.44. The van der Waals surface area contributed by atoms with E-state index in [1.54, 1.807) is 35.5 Å². The molecular weight excluding hydrogens is 374 g/mol. The van der Waals surface area contributed by atoms with Gasteiger partial charge in [0.15, 0.2) is 11.5 Å². The number of nitrogens with one attached hydrogen (secondary N) is 1. The van der Waals surface area contributed by atoms with Crippen molar-refractivity contribution in [2.45, 2.75) is 12.5 Å². The van der Waals surface area contributed by atoms with Crippen LogP contribution in [0.4, 0.5) is 0 Å². The number of furan rings is 1. The van der Waals surface area contributed by atoms with Crippen LogP contribution >= 0.6 is 0 Å². The number of nitrogens with zero attached hydrogens (tertiary/aromatic N) is 2. The van der Waals surface area contributed by atoms with Crippen LogP contribution in [0.5, 0.6) is 0 Å². The summed E-state index contributed by atoms with van der Waals surface area (Å²) in [6.07, 6.45) is 5.38. The second-order valence-corrected chi connectivity index (χ2v) is 7.22. The number of rotatable bonds is 7. The minimum Gasteiger partial charge on any atom is -0.503 e. The number of aliphatic hydroxyl groups excluding tert-OH is 1. The number of hydrogen-bond acceptors (Lipinski definition) is 6. The Kier molecular flexibility index (Phi) is 5.73. The van der Waals surface area contributed by atoms with E-state index in [2.05, 4.69) is 4.98 Å². The van der Waals surface area contributed by atoms with Gasteiger partial charge in [0.05, 0.1) is 37.6 Å². The number of carbonyl (C=O) groups excluding carboxylic acids is 2. The molecule has 4 rings (SSSR count). The van der Waals surface area contributed by atoms with Gasteiger partial charge in [-0.1, -0.05) is 0 Å². The number of carbonyl (C=O) groups is 2. The van der Waals surface area contributed by atoms with Crippen LogP contribution in [-0.2, 0) is 9.53 Å². The number of hydrogen-bond donors (Lipinski definition) is 2. The van der Waals surface area contributed by atoms with Gasteiger partial charge in [-0.25, -0.2) is 0 Å². The summed E-state index contributed by atoms with van der Waals surface area (Å²) in [5.41, 5.74) is 0.779. The van der Waals surface area contributed by atoms with Crippen LogP contribution < -0.4 is 4.90 Å². The lowest BCUT2D eigenvalue weighted by Gasteiger charge is -2.28. The van der Waals surface area contributed by atoms with Crippen molar-refractivity contribution in [3.8, 4) is 0 Å². The first-order chi connectivity index (χ1) is 14.2. The van der Waals surface area contributed by atoms with Crippen LogP contribution in [0.15, 0.2) is 58.7 Å². The highest BCUT2D eigenvalue weighted by atomic mass is 16.5. The van der Waals surface area contributed by atoms with Crippen molar-refractivity contribution in [3.05, 3.63) is 65.6 Å². The first-order valence-electron chi connectivity index (χ1n) is 9.80. The second-order valence-electron chi connectivity index (χ2n) is 7.22. The Bertz CT molecular complexity index is 888. The molecule has 0 unspecified atom stereocenters. The van der Waals surface area contributed by atoms with E-state index in [4.69, 9.17) is 9.15 Å². The number of ether oxygens (including phenoxy) is 1. The highest BCUT2D eigenvalue weighted by Crippen LogP contribution is 2.38. The smallest absolute Gasteiger partial charge is 0.290 e. The predicted octanol–water partition coefficient (Wildman–Crippen LogP) is 0.558. The Morgan fingerprint density at radius 2 is 2.00 bits per heavy atom. The fourth-order valence-electron chi connectivity index (χ4n) is 3.96. The molecule has 29 heavy (non-hydrogen) atoms. The van der Waals surface area contributed by atoms with Crippen molar-refractivity contribution in [3.63, 3.8) is 0 Å². The summed E-state index contributed by atoms with van der Waals surface area (Å²) >= 11 is 0. The summed E-state index contributed by atoms with van der Waals surface area (Å²) in [6, 6.07) is 5.98. The lowest BCUT2D eigenvalue weighted by Crippen LogP contribution is -3.14. The van der Waals surface area contributed by atoms with Crippen LogP contribution in [0.3, 0.4) is 0 Å². The number of pyridine rings is 1. The zero-order chi connectivity index (χ0) is 20.2. The molecule has 152 valence electrons. The fourth-order valence-corrected chi connectivity index (χ4v) is 3.96. The lowest BCUT2D eigenvalue weighted by atomic mass is 9.96. The van der Waals surface area contributed by atoms with Crippen molar-refractivity contribution in [1.29, 1.82) is 0 Å². The molecule has 4 heterocycles. The number of ketones is 1. The average molecular weight is 398 g/mol. The molecule has 0 saturated carbocycles. The third kappa shape index (κ3) is 3.94. The molecule has 8 nitrogen and oxygen atoms in total. The predicted molar refractivity (Wildman–Crippen MR) is 102 cm³/mol. The Balaban J connectivity index is 1.57. The first-order valence-corrected chi connectivity index (χ1v) is 9.80. The summed E-state index contributed by atoms with van der Waals surface area (Å²) in [6.45, 7) is 4.75. The molecule has 2 aromatic rings. The van der Waals surface area contributed by atoms with Gasteiger partial charge in [-0.15, -0.1) is 0 Å². The van der Waals surface area contributed by atoms with E-state index in [1.165, 1.54) is 17.2 Å². The van der Waals surface area contributed by atoms with Crippen LogP contribution in [-0.4, -0.2) is 66.1 Å². The maximum Gasteiger partial charge on any atom is 0.290 e. The van der Waals surface area contributed by atoms with Crippen LogP contribution in [0.1, 0.15) is 28.6 Å². The summed E-state index contributed by atoms with van der Waals surface area (Å²) < 4.78 is 10.6. The fraction of sp³-hybridized carbons (Fsp3) is 0.381. The standard InChI is InChI=1S/C21H23N3O5/c25-19(16-3-1-12-29-16)17-18(15-4-6-22-7-5-15)24(21(27)20(17)26)9-2-8-23-10-13-28-14-11-23/h1,3-7,12,18,26H,2,8-11,13-14H2/p+1/t18-/m1/s1. The Labute approximate surface area is 168 Å². The quantitative estimate of drug-likeness (QED) is 0.662. The van der Waals surface area contributed by atoms with Gasteiger partial charge in [0.25, 0.3) is 5.91 Å². The lowest BCUT2D eigenvalue weighted by molar-refractivity contribution is -0.908. The monoisotopic (exact) mass is 398 g/mol. The SMILES string of the molecule is O=C(C1=C(O)C(=O)N(CCC[NH+]2CCOCC2)[C@@H]1c1ccncc1)c1ccco1. The molecule has 0 radical (unpaired) electrons. The number of aliphatic hydroxyl groups is 1. The molecule has 1 saturated heterocycles. The summed E-state index contributed by atoms with van der Waals surface area (Å²) in [7, 11) is 0. The van der Waals surface area contributed by atoms with Gasteiger partial charge in [0.1, 0.15) is 13.1 Å². The van der Waals surface area contributed by atoms with E-state index >= 15 is 0 Å². The van der Waals surface area contributed by atoms with Gasteiger partial charge in [-0.2, -0.15) is 0 Å². The molecular formula is C21H24N3O5+. The molecule has 0 aliphatic carbocycles. The van der Waals surface area contributed by atoms with Gasteiger partial charge in [0.2, 0.25) is 5.78 Å². The number of amides is 1. The maximum atomic E-state index is 13.0. The van der Waals surface area contributed by atoms with Gasteiger partial charge in [-0.05, 0) is 29.8 Å². The Morgan fingerprint density at radius 3 is 2.69 bits per heavy atom. The average Bonchev–Trinajstić information content (AvgIpc) is 3.38. The molecule has 2 N–H and O–H groups in total. The van der Waals surface area contributed by atoms with Crippen LogP contribution in [0, 0.1) is 0 Å². The molecule has 0 bridgehead atoms. The van der Waals surface area contributed by atoms with Crippen LogP contribution in [0.2, 0.25) is 0 Å². The number of quaternary nitrogens is 1. The molecule has 1 amide bonds. The van der Waals surface area contributed by atoms with Crippen molar-refractivity contribution in [2.75, 3.05) is 39.4 Å². The van der Waals surface area contributed by atoms with Gasteiger partial charge < -0.3 is 24.1 Å². The van der Waals surface area contributed by atoms with E-state index in [1.807, 2.05) is 0 Å². The molecule has 1 fully saturated rings. The van der Waals surface area contributed by atoms with E-state index < -0.39 is 23.5 Å². The number of aromatic nitrogens is 1. The minimum absolute atomic E-state index is 0.0508. The zero-order valence-electron chi connectivity index (χ0n) is 16.0. The Hall–Kier alpha value is -2.97. The summed E-state index contributed by atoms with van der Waals surface area (Å²) in [5.74, 6) is -1.42. The van der Waals surface area contributed by atoms with Crippen molar-refractivity contribution in [2.24, 2.45) is 0 Å². The summed E-state index contributed by atoms with van der Waals surface area (Å²) in [5, 5.41) is 10.6. The molecule has 8 heteroatoms. The molecule has 0 aromatic carbocycles. The van der Waals surface area contributed by atoms with Gasteiger partial charge in [0, 0.05) is 25.4 Å². The summed E-state index contributed by atoms with van der Waals surface area (Å²) in [4.78, 5) is 32.9. The zero-order valence-corrected chi connectivity index (χ0v) is 16.0. The van der Waals surface area contributed by atoms with Gasteiger partial charge in [-0.3, -0.25) is 14.6 Å². The number of morpholine rings is 1. The highest BCUT2D eigenvalue weighted by Gasteiger charge is 2.44. The highest BCUT2D eigenvalue weighted by molar-refractivity contribution is 6.14. The minimum atomic E-state index is -0.664. The normalized spacial score (nSPS) is 20.5. The third-order valence-electron chi connectivity index (χ3n) is 5.44. The van der Waals surface area contributed by atoms with Crippen molar-refractivity contribution < 1.29 is 28.7 Å². The second kappa shape index (κ2) is 8.59. The topological polar surface area (TPSA) is 97.3 Å². The van der Waals surface area contributed by atoms with E-state index in [-0.39, 0.29) is 11.3 Å². The number of Topliss-reactive ketones (excluding diaryl/α,β-unsaturated/α-hetero) is 1. The van der Waals surface area contributed by atoms with Crippen LogP contribution in [0.25, 0.3) is 0 Å². The largest absolute Gasteiger partial charge is 0.503 e. The van der Waals surface area contributed by atoms with E-state index in [0.717, 1.165) is 44.8 Å². The van der Waals surface area contributed by atoms with E-state index in [0.29, 0.717) is 6.54 Å². The maximum absolute atomic E-state index is 13.0. The van der Waals surface area contributed by atoms with Crippen molar-refractivity contribution >= 4 is 11.7 Å². The van der Waals surface area contributed by atoms with Gasteiger partial charge >= 0.3 is 0 Å². The molecule has 0 spiro atoms. The molecule has 2 aromatic heterocycles.